The van der Waals surface area contributed by atoms with Crippen molar-refractivity contribution in [1.82, 2.24) is 0 Å². The summed E-state index contributed by atoms with van der Waals surface area (Å²) in [5, 5.41) is 9.97. The number of hydrogen-bond acceptors (Lipinski definition) is 2. The maximum Gasteiger partial charge on any atom is 0.0802 e. The molecule has 0 bridgehead atoms. The Morgan fingerprint density at radius 2 is 1.95 bits per heavy atom. The molecular weight excluding hydrogens is 234 g/mol. The van der Waals surface area contributed by atoms with Crippen LogP contribution in [0.5, 0.6) is 0 Å². The Labute approximate surface area is 118 Å². The average Bonchev–Trinajstić information content (AvgIpc) is 2.44. The average molecular weight is 263 g/mol. The third-order valence-electron chi connectivity index (χ3n) is 3.89. The van der Waals surface area contributed by atoms with Crippen LogP contribution in [-0.4, -0.2) is 11.7 Å². The van der Waals surface area contributed by atoms with E-state index < -0.39 is 6.10 Å². The van der Waals surface area contributed by atoms with Gasteiger partial charge in [-0.15, -0.1) is 0 Å². The molecule has 0 radical (unpaired) electrons. The van der Waals surface area contributed by atoms with E-state index in [0.717, 1.165) is 17.9 Å². The molecule has 0 fully saturated rings. The summed E-state index contributed by atoms with van der Waals surface area (Å²) in [5.74, 6) is 0.836. The van der Waals surface area contributed by atoms with Crippen LogP contribution in [0.15, 0.2) is 24.3 Å². The van der Waals surface area contributed by atoms with Crippen LogP contribution in [0.4, 0.5) is 0 Å². The molecule has 0 aliphatic heterocycles. The van der Waals surface area contributed by atoms with E-state index in [1.54, 1.807) is 0 Å². The highest BCUT2D eigenvalue weighted by molar-refractivity contribution is 5.25. The van der Waals surface area contributed by atoms with Gasteiger partial charge in [0.15, 0.2) is 0 Å². The molecule has 0 aromatic heterocycles. The number of aryl methyl sites for hydroxylation is 1. The van der Waals surface area contributed by atoms with Gasteiger partial charge in [0.1, 0.15) is 0 Å². The minimum atomic E-state index is -0.414. The van der Waals surface area contributed by atoms with E-state index in [4.69, 9.17) is 5.73 Å². The molecule has 0 amide bonds. The van der Waals surface area contributed by atoms with Crippen LogP contribution in [0, 0.1) is 5.92 Å². The minimum Gasteiger partial charge on any atom is -0.388 e. The Morgan fingerprint density at radius 1 is 1.16 bits per heavy atom. The monoisotopic (exact) mass is 263 g/mol. The predicted molar refractivity (Wildman–Crippen MR) is 82.1 cm³/mol. The van der Waals surface area contributed by atoms with Crippen LogP contribution in [-0.2, 0) is 6.42 Å². The number of nitrogens with two attached hydrogens (primary N) is 1. The molecule has 0 saturated carbocycles. The number of rotatable bonds is 9. The first-order chi connectivity index (χ1) is 9.21. The van der Waals surface area contributed by atoms with Crippen LogP contribution in [0.25, 0.3) is 0 Å². The van der Waals surface area contributed by atoms with Crippen molar-refractivity contribution in [3.8, 4) is 0 Å². The van der Waals surface area contributed by atoms with E-state index in [2.05, 4.69) is 26.0 Å². The van der Waals surface area contributed by atoms with Gasteiger partial charge in [0.05, 0.1) is 6.10 Å². The van der Waals surface area contributed by atoms with Crippen LogP contribution >= 0.6 is 0 Å². The Bertz CT molecular complexity index is 351. The van der Waals surface area contributed by atoms with Gasteiger partial charge < -0.3 is 10.8 Å². The summed E-state index contributed by atoms with van der Waals surface area (Å²) >= 11 is 0. The Balaban J connectivity index is 2.56. The summed E-state index contributed by atoms with van der Waals surface area (Å²) in [4.78, 5) is 0. The minimum absolute atomic E-state index is 0.414. The third kappa shape index (κ3) is 5.75. The van der Waals surface area contributed by atoms with Crippen molar-refractivity contribution < 1.29 is 5.11 Å². The standard InChI is InChI=1S/C17H29NO/c1-3-6-14(4-2)9-10-15-7-5-8-16(13-15)17(19)11-12-18/h5,7-8,13-14,17,19H,3-4,6,9-12,18H2,1-2H3. The topological polar surface area (TPSA) is 46.2 Å². The zero-order valence-electron chi connectivity index (χ0n) is 12.4. The van der Waals surface area contributed by atoms with Gasteiger partial charge in [0.2, 0.25) is 0 Å². The van der Waals surface area contributed by atoms with Crippen LogP contribution < -0.4 is 5.73 Å². The lowest BCUT2D eigenvalue weighted by Gasteiger charge is -2.15. The molecule has 2 heteroatoms. The maximum absolute atomic E-state index is 9.97. The highest BCUT2D eigenvalue weighted by Gasteiger charge is 2.09. The Morgan fingerprint density at radius 3 is 2.58 bits per heavy atom. The summed E-state index contributed by atoms with van der Waals surface area (Å²) in [6.07, 6.45) is 6.45. The van der Waals surface area contributed by atoms with E-state index >= 15 is 0 Å². The van der Waals surface area contributed by atoms with Crippen molar-refractivity contribution in [2.45, 2.75) is 58.5 Å². The molecule has 3 N–H and O–H groups in total. The summed E-state index contributed by atoms with van der Waals surface area (Å²) in [6.45, 7) is 5.06. The fourth-order valence-electron chi connectivity index (χ4n) is 2.61. The largest absolute Gasteiger partial charge is 0.388 e. The maximum atomic E-state index is 9.97. The fourth-order valence-corrected chi connectivity index (χ4v) is 2.61. The molecule has 0 saturated heterocycles. The second-order valence-electron chi connectivity index (χ2n) is 5.44. The summed E-state index contributed by atoms with van der Waals surface area (Å²) in [6, 6.07) is 8.34. The van der Waals surface area contributed by atoms with Crippen molar-refractivity contribution in [2.24, 2.45) is 11.7 Å². The van der Waals surface area contributed by atoms with Gasteiger partial charge in [-0.1, -0.05) is 57.4 Å². The van der Waals surface area contributed by atoms with Crippen LogP contribution in [0.2, 0.25) is 0 Å². The first-order valence-electron chi connectivity index (χ1n) is 7.68. The lowest BCUT2D eigenvalue weighted by molar-refractivity contribution is 0.170. The highest BCUT2D eigenvalue weighted by atomic mass is 16.3. The number of aliphatic hydroxyl groups is 1. The van der Waals surface area contributed by atoms with Gasteiger partial charge in [0, 0.05) is 0 Å². The molecule has 2 atom stereocenters. The van der Waals surface area contributed by atoms with Gasteiger partial charge in [-0.2, -0.15) is 0 Å². The first kappa shape index (κ1) is 16.2. The number of hydrogen-bond donors (Lipinski definition) is 2. The van der Waals surface area contributed by atoms with Crippen molar-refractivity contribution in [3.05, 3.63) is 35.4 Å². The van der Waals surface area contributed by atoms with Crippen molar-refractivity contribution >= 4 is 0 Å². The van der Waals surface area contributed by atoms with Crippen molar-refractivity contribution in [2.75, 3.05) is 6.54 Å². The first-order valence-corrected chi connectivity index (χ1v) is 7.68. The predicted octanol–water partition coefficient (Wildman–Crippen LogP) is 3.83. The summed E-state index contributed by atoms with van der Waals surface area (Å²) in [5.41, 5.74) is 7.84. The smallest absolute Gasteiger partial charge is 0.0802 e. The van der Waals surface area contributed by atoms with Gasteiger partial charge in [-0.05, 0) is 42.9 Å². The van der Waals surface area contributed by atoms with Gasteiger partial charge in [-0.3, -0.25) is 0 Å². The van der Waals surface area contributed by atoms with Gasteiger partial charge >= 0.3 is 0 Å². The fraction of sp³-hybridized carbons (Fsp3) is 0.647. The van der Waals surface area contributed by atoms with E-state index in [-0.39, 0.29) is 0 Å². The molecule has 108 valence electrons. The molecule has 0 heterocycles. The Kier molecular flexibility index (Phi) is 7.76. The van der Waals surface area contributed by atoms with E-state index in [9.17, 15) is 5.11 Å². The highest BCUT2D eigenvalue weighted by Crippen LogP contribution is 2.21. The Hall–Kier alpha value is -0.860. The second-order valence-corrected chi connectivity index (χ2v) is 5.44. The molecule has 1 aromatic rings. The zero-order chi connectivity index (χ0) is 14.1. The van der Waals surface area contributed by atoms with E-state index in [1.807, 2.05) is 12.1 Å². The molecule has 0 aliphatic rings. The molecule has 2 unspecified atom stereocenters. The molecular formula is C17H29NO. The second kappa shape index (κ2) is 9.11. The molecule has 1 rings (SSSR count). The van der Waals surface area contributed by atoms with E-state index in [1.165, 1.54) is 31.2 Å². The molecule has 0 spiro atoms. The molecule has 1 aromatic carbocycles. The molecule has 2 nitrogen and oxygen atoms in total. The lowest BCUT2D eigenvalue weighted by Crippen LogP contribution is -2.07. The van der Waals surface area contributed by atoms with Crippen LogP contribution in [0.1, 0.15) is 63.2 Å². The number of aliphatic hydroxyl groups excluding tert-OH is 1. The van der Waals surface area contributed by atoms with Gasteiger partial charge in [0.25, 0.3) is 0 Å². The number of benzene rings is 1. The summed E-state index contributed by atoms with van der Waals surface area (Å²) < 4.78 is 0. The van der Waals surface area contributed by atoms with Crippen molar-refractivity contribution in [3.63, 3.8) is 0 Å². The molecule has 0 aliphatic carbocycles. The lowest BCUT2D eigenvalue weighted by atomic mass is 9.92. The molecule has 19 heavy (non-hydrogen) atoms. The normalized spacial score (nSPS) is 14.3. The third-order valence-corrected chi connectivity index (χ3v) is 3.89. The van der Waals surface area contributed by atoms with Gasteiger partial charge in [-0.25, -0.2) is 0 Å². The van der Waals surface area contributed by atoms with E-state index in [0.29, 0.717) is 13.0 Å². The summed E-state index contributed by atoms with van der Waals surface area (Å²) in [7, 11) is 0. The SMILES string of the molecule is CCCC(CC)CCc1cccc(C(O)CCN)c1. The van der Waals surface area contributed by atoms with Crippen LogP contribution in [0.3, 0.4) is 0 Å². The zero-order valence-corrected chi connectivity index (χ0v) is 12.4. The quantitative estimate of drug-likeness (QED) is 0.711. The van der Waals surface area contributed by atoms with Crippen molar-refractivity contribution in [1.29, 1.82) is 0 Å².